The zero-order valence-corrected chi connectivity index (χ0v) is 14.3. The Bertz CT molecular complexity index is 1110. The number of benzene rings is 2. The minimum Gasteiger partial charge on any atom is -0.461 e. The minimum atomic E-state index is -0.620. The van der Waals surface area contributed by atoms with Crippen molar-refractivity contribution < 1.29 is 13.9 Å². The van der Waals surface area contributed by atoms with E-state index in [1.54, 1.807) is 31.2 Å². The van der Waals surface area contributed by atoms with Gasteiger partial charge in [-0.3, -0.25) is 0 Å². The van der Waals surface area contributed by atoms with Crippen molar-refractivity contribution in [1.29, 1.82) is 10.5 Å². The number of rotatable bonds is 4. The molecule has 0 aliphatic carbocycles. The number of hydrogen-bond donors (Lipinski definition) is 0. The summed E-state index contributed by atoms with van der Waals surface area (Å²) in [6.45, 7) is 1.86. The van der Waals surface area contributed by atoms with Crippen LogP contribution in [0.2, 0.25) is 0 Å². The Morgan fingerprint density at radius 1 is 1.15 bits per heavy atom. The second-order valence-electron chi connectivity index (χ2n) is 5.55. The van der Waals surface area contributed by atoms with Gasteiger partial charge in [0.25, 0.3) is 0 Å². The molecule has 0 aliphatic rings. The van der Waals surface area contributed by atoms with Crippen LogP contribution in [0, 0.1) is 28.5 Å². The van der Waals surface area contributed by atoms with Crippen LogP contribution in [-0.4, -0.2) is 22.4 Å². The number of nitriles is 2. The van der Waals surface area contributed by atoms with Crippen molar-refractivity contribution in [1.82, 2.24) is 9.78 Å². The second-order valence-corrected chi connectivity index (χ2v) is 5.55. The molecule has 6 nitrogen and oxygen atoms in total. The first kappa shape index (κ1) is 17.8. The van der Waals surface area contributed by atoms with Gasteiger partial charge in [-0.05, 0) is 49.4 Å². The van der Waals surface area contributed by atoms with Gasteiger partial charge in [0.1, 0.15) is 5.82 Å². The number of nitrogens with zero attached hydrogens (tertiary/aromatic N) is 4. The molecule has 0 aliphatic heterocycles. The molecule has 1 heterocycles. The van der Waals surface area contributed by atoms with Gasteiger partial charge in [0.2, 0.25) is 0 Å². The summed E-state index contributed by atoms with van der Waals surface area (Å²) < 4.78 is 20.3. The summed E-state index contributed by atoms with van der Waals surface area (Å²) >= 11 is 0. The van der Waals surface area contributed by atoms with Crippen molar-refractivity contribution in [3.8, 4) is 29.1 Å². The predicted molar refractivity (Wildman–Crippen MR) is 94.3 cm³/mol. The highest BCUT2D eigenvalue weighted by Gasteiger charge is 2.18. The highest BCUT2D eigenvalue weighted by Crippen LogP contribution is 2.26. The molecule has 0 atom stereocenters. The first-order chi connectivity index (χ1) is 13.0. The maximum Gasteiger partial charge on any atom is 0.358 e. The van der Waals surface area contributed by atoms with E-state index in [9.17, 15) is 9.18 Å². The first-order valence-corrected chi connectivity index (χ1v) is 8.04. The molecule has 2 aromatic carbocycles. The van der Waals surface area contributed by atoms with E-state index in [1.165, 1.54) is 22.9 Å². The van der Waals surface area contributed by atoms with Crippen molar-refractivity contribution in [2.75, 3.05) is 6.61 Å². The summed E-state index contributed by atoms with van der Waals surface area (Å²) in [5, 5.41) is 22.5. The monoisotopic (exact) mass is 360 g/mol. The summed E-state index contributed by atoms with van der Waals surface area (Å²) in [4.78, 5) is 12.1. The van der Waals surface area contributed by atoms with Gasteiger partial charge in [-0.2, -0.15) is 15.6 Å². The Labute approximate surface area is 154 Å². The highest BCUT2D eigenvalue weighted by molar-refractivity contribution is 5.89. The molecule has 0 saturated carbocycles. The average Bonchev–Trinajstić information content (AvgIpc) is 3.13. The molecule has 3 rings (SSSR count). The van der Waals surface area contributed by atoms with Gasteiger partial charge in [0, 0.05) is 5.56 Å². The lowest BCUT2D eigenvalue weighted by Gasteiger charge is -2.08. The summed E-state index contributed by atoms with van der Waals surface area (Å²) in [6.07, 6.45) is 0. The molecule has 3 aromatic rings. The molecule has 0 spiro atoms. The van der Waals surface area contributed by atoms with E-state index >= 15 is 0 Å². The molecular formula is C20H13FN4O2. The topological polar surface area (TPSA) is 91.7 Å². The van der Waals surface area contributed by atoms with Crippen LogP contribution in [0.5, 0.6) is 0 Å². The van der Waals surface area contributed by atoms with E-state index in [4.69, 9.17) is 15.3 Å². The lowest BCUT2D eigenvalue weighted by molar-refractivity contribution is 0.0519. The molecule has 1 aromatic heterocycles. The highest BCUT2D eigenvalue weighted by atomic mass is 19.1. The zero-order chi connectivity index (χ0) is 19.4. The number of halogens is 1. The van der Waals surface area contributed by atoms with E-state index in [1.807, 2.05) is 12.1 Å². The smallest absolute Gasteiger partial charge is 0.358 e. The Kier molecular flexibility index (Phi) is 4.96. The average molecular weight is 360 g/mol. The van der Waals surface area contributed by atoms with Gasteiger partial charge in [0.15, 0.2) is 5.69 Å². The SMILES string of the molecule is CCOC(=O)c1cc(-c2cc(F)cc(C#N)c2)n(-c2cccc(C#N)c2)n1. The lowest BCUT2D eigenvalue weighted by atomic mass is 10.1. The van der Waals surface area contributed by atoms with Crippen LogP contribution >= 0.6 is 0 Å². The third-order valence-corrected chi connectivity index (χ3v) is 3.74. The van der Waals surface area contributed by atoms with Crippen LogP contribution in [-0.2, 0) is 4.74 Å². The number of ether oxygens (including phenoxy) is 1. The van der Waals surface area contributed by atoms with E-state index in [-0.39, 0.29) is 17.9 Å². The van der Waals surface area contributed by atoms with E-state index in [2.05, 4.69) is 5.10 Å². The van der Waals surface area contributed by atoms with Crippen LogP contribution in [0.3, 0.4) is 0 Å². The van der Waals surface area contributed by atoms with Crippen molar-refractivity contribution in [3.05, 3.63) is 71.2 Å². The molecule has 7 heteroatoms. The fraction of sp³-hybridized carbons (Fsp3) is 0.100. The van der Waals surface area contributed by atoms with Gasteiger partial charge in [-0.1, -0.05) is 6.07 Å². The standard InChI is InChI=1S/C20H13FN4O2/c1-2-27-20(26)18-10-19(15-6-14(12-23)7-16(21)9-15)25(24-18)17-5-3-4-13(8-17)11-22/h3-10H,2H2,1H3. The molecular weight excluding hydrogens is 347 g/mol. The summed E-state index contributed by atoms with van der Waals surface area (Å²) in [7, 11) is 0. The molecule has 0 N–H and O–H groups in total. The predicted octanol–water partition coefficient (Wildman–Crippen LogP) is 3.60. The maximum absolute atomic E-state index is 13.9. The molecule has 0 saturated heterocycles. The van der Waals surface area contributed by atoms with Crippen molar-refractivity contribution in [3.63, 3.8) is 0 Å². The lowest BCUT2D eigenvalue weighted by Crippen LogP contribution is -2.07. The number of aromatic nitrogens is 2. The van der Waals surface area contributed by atoms with Gasteiger partial charge >= 0.3 is 5.97 Å². The Morgan fingerprint density at radius 3 is 2.63 bits per heavy atom. The largest absolute Gasteiger partial charge is 0.461 e. The minimum absolute atomic E-state index is 0.0389. The van der Waals surface area contributed by atoms with E-state index in [0.29, 0.717) is 22.5 Å². The second kappa shape index (κ2) is 7.51. The van der Waals surface area contributed by atoms with Crippen LogP contribution in [0.15, 0.2) is 48.5 Å². The van der Waals surface area contributed by atoms with Crippen molar-refractivity contribution in [2.24, 2.45) is 0 Å². The molecule has 0 amide bonds. The first-order valence-electron chi connectivity index (χ1n) is 8.04. The molecule has 0 fully saturated rings. The fourth-order valence-electron chi connectivity index (χ4n) is 2.60. The molecule has 132 valence electrons. The number of carbonyl (C=O) groups excluding carboxylic acids is 1. The van der Waals surface area contributed by atoms with E-state index in [0.717, 1.165) is 6.07 Å². The van der Waals surface area contributed by atoms with Crippen LogP contribution < -0.4 is 0 Å². The molecule has 0 unspecified atom stereocenters. The maximum atomic E-state index is 13.9. The Morgan fingerprint density at radius 2 is 1.93 bits per heavy atom. The molecule has 27 heavy (non-hydrogen) atoms. The van der Waals surface area contributed by atoms with Crippen molar-refractivity contribution >= 4 is 5.97 Å². The third-order valence-electron chi connectivity index (χ3n) is 3.74. The van der Waals surface area contributed by atoms with Crippen LogP contribution in [0.25, 0.3) is 16.9 Å². The number of esters is 1. The van der Waals surface area contributed by atoms with E-state index < -0.39 is 11.8 Å². The van der Waals surface area contributed by atoms with Crippen LogP contribution in [0.4, 0.5) is 4.39 Å². The summed E-state index contributed by atoms with van der Waals surface area (Å²) in [6, 6.07) is 15.9. The molecule has 0 radical (unpaired) electrons. The zero-order valence-electron chi connectivity index (χ0n) is 14.3. The summed E-state index contributed by atoms with van der Waals surface area (Å²) in [5.74, 6) is -1.20. The fourth-order valence-corrected chi connectivity index (χ4v) is 2.60. The number of hydrogen-bond acceptors (Lipinski definition) is 5. The summed E-state index contributed by atoms with van der Waals surface area (Å²) in [5.41, 5.74) is 1.87. The van der Waals surface area contributed by atoms with Crippen molar-refractivity contribution in [2.45, 2.75) is 6.92 Å². The quantitative estimate of drug-likeness (QED) is 0.663. The van der Waals surface area contributed by atoms with Gasteiger partial charge in [-0.15, -0.1) is 0 Å². The normalized spacial score (nSPS) is 10.1. The van der Waals surface area contributed by atoms with Gasteiger partial charge < -0.3 is 4.74 Å². The third kappa shape index (κ3) is 3.68. The van der Waals surface area contributed by atoms with Gasteiger partial charge in [-0.25, -0.2) is 13.9 Å². The Hall–Kier alpha value is -3.97. The number of carbonyl (C=O) groups is 1. The molecule has 0 bridgehead atoms. The Balaban J connectivity index is 2.23. The van der Waals surface area contributed by atoms with Gasteiger partial charge in [0.05, 0.1) is 41.3 Å². The van der Waals surface area contributed by atoms with Crippen LogP contribution in [0.1, 0.15) is 28.5 Å².